The maximum atomic E-state index is 5.93. The van der Waals surface area contributed by atoms with Gasteiger partial charge in [-0.2, -0.15) is 0 Å². The summed E-state index contributed by atoms with van der Waals surface area (Å²) in [5.41, 5.74) is 1.27. The van der Waals surface area contributed by atoms with Crippen molar-refractivity contribution in [1.29, 1.82) is 0 Å². The van der Waals surface area contributed by atoms with Crippen LogP contribution < -0.4 is 10.1 Å². The number of ether oxygens (including phenoxy) is 1. The van der Waals surface area contributed by atoms with Crippen LogP contribution in [0.4, 0.5) is 0 Å². The summed E-state index contributed by atoms with van der Waals surface area (Å²) in [5.74, 6) is 1.05. The zero-order valence-corrected chi connectivity index (χ0v) is 13.3. The highest BCUT2D eigenvalue weighted by molar-refractivity contribution is 5.33. The van der Waals surface area contributed by atoms with E-state index in [9.17, 15) is 0 Å². The molecule has 0 aliphatic carbocycles. The molecule has 2 heteroatoms. The van der Waals surface area contributed by atoms with E-state index in [1.807, 2.05) is 0 Å². The molecule has 0 unspecified atom stereocenters. The van der Waals surface area contributed by atoms with Gasteiger partial charge in [-0.3, -0.25) is 0 Å². The molecular weight excluding hydrogens is 246 g/mol. The van der Waals surface area contributed by atoms with Gasteiger partial charge < -0.3 is 10.1 Å². The van der Waals surface area contributed by atoms with Crippen LogP contribution in [0.25, 0.3) is 0 Å². The Morgan fingerprint density at radius 2 is 1.65 bits per heavy atom. The van der Waals surface area contributed by atoms with E-state index in [0.29, 0.717) is 0 Å². The molecule has 0 fully saturated rings. The average molecular weight is 277 g/mol. The van der Waals surface area contributed by atoms with Gasteiger partial charge in [0.05, 0.1) is 6.61 Å². The summed E-state index contributed by atoms with van der Waals surface area (Å²) in [6.07, 6.45) is 9.02. The lowest BCUT2D eigenvalue weighted by atomic mass is 10.1. The molecule has 0 aliphatic rings. The predicted octanol–water partition coefficient (Wildman–Crippen LogP) is 4.93. The molecule has 0 bridgehead atoms. The Hall–Kier alpha value is -1.02. The number of nitrogens with one attached hydrogen (secondary N) is 1. The van der Waals surface area contributed by atoms with E-state index in [2.05, 4.69) is 43.4 Å². The number of para-hydroxylation sites is 1. The van der Waals surface area contributed by atoms with Crippen molar-refractivity contribution in [2.45, 2.75) is 65.3 Å². The largest absolute Gasteiger partial charge is 0.493 e. The highest BCUT2D eigenvalue weighted by Crippen LogP contribution is 2.18. The van der Waals surface area contributed by atoms with Gasteiger partial charge in [-0.05, 0) is 25.5 Å². The van der Waals surface area contributed by atoms with Gasteiger partial charge in [-0.1, -0.05) is 64.2 Å². The van der Waals surface area contributed by atoms with Gasteiger partial charge in [-0.25, -0.2) is 0 Å². The van der Waals surface area contributed by atoms with Gasteiger partial charge in [0, 0.05) is 12.1 Å². The summed E-state index contributed by atoms with van der Waals surface area (Å²) in [6, 6.07) is 8.37. The second kappa shape index (κ2) is 11.8. The molecule has 0 saturated carbocycles. The Balaban J connectivity index is 2.21. The van der Waals surface area contributed by atoms with Gasteiger partial charge in [0.1, 0.15) is 5.75 Å². The fourth-order valence-electron chi connectivity index (χ4n) is 2.26. The molecule has 0 amide bonds. The van der Waals surface area contributed by atoms with Crippen LogP contribution >= 0.6 is 0 Å². The number of hydrogen-bond acceptors (Lipinski definition) is 2. The number of rotatable bonds is 12. The van der Waals surface area contributed by atoms with E-state index in [-0.39, 0.29) is 0 Å². The molecule has 1 aromatic carbocycles. The first-order chi connectivity index (χ1) is 9.88. The van der Waals surface area contributed by atoms with Crippen LogP contribution in [0.5, 0.6) is 5.75 Å². The standard InChI is InChI=1S/C18H31NO/c1-3-5-6-7-8-11-15-20-18-13-10-9-12-17(18)16-19-14-4-2/h9-10,12-13,19H,3-8,11,14-16H2,1-2H3. The van der Waals surface area contributed by atoms with Gasteiger partial charge in [0.25, 0.3) is 0 Å². The van der Waals surface area contributed by atoms with E-state index < -0.39 is 0 Å². The molecule has 0 aliphatic heterocycles. The maximum absolute atomic E-state index is 5.93. The molecule has 0 aromatic heterocycles. The van der Waals surface area contributed by atoms with Crippen LogP contribution in [-0.2, 0) is 6.54 Å². The summed E-state index contributed by atoms with van der Waals surface area (Å²) >= 11 is 0. The molecule has 0 spiro atoms. The van der Waals surface area contributed by atoms with Crippen molar-refractivity contribution >= 4 is 0 Å². The Morgan fingerprint density at radius 3 is 2.45 bits per heavy atom. The van der Waals surface area contributed by atoms with Crippen molar-refractivity contribution in [3.05, 3.63) is 29.8 Å². The second-order valence-corrected chi connectivity index (χ2v) is 5.40. The molecule has 0 atom stereocenters. The third kappa shape index (κ3) is 7.54. The third-order valence-corrected chi connectivity index (χ3v) is 3.47. The minimum Gasteiger partial charge on any atom is -0.493 e. The van der Waals surface area contributed by atoms with Crippen LogP contribution in [0.3, 0.4) is 0 Å². The lowest BCUT2D eigenvalue weighted by Gasteiger charge is -2.12. The number of unbranched alkanes of at least 4 members (excludes halogenated alkanes) is 5. The summed E-state index contributed by atoms with van der Waals surface area (Å²) < 4.78 is 5.93. The quantitative estimate of drug-likeness (QED) is 0.547. The van der Waals surface area contributed by atoms with Gasteiger partial charge in [0.2, 0.25) is 0 Å². The minimum atomic E-state index is 0.844. The van der Waals surface area contributed by atoms with Crippen molar-refractivity contribution in [3.8, 4) is 5.75 Å². The summed E-state index contributed by atoms with van der Waals surface area (Å²) in [4.78, 5) is 0. The number of benzene rings is 1. The average Bonchev–Trinajstić information content (AvgIpc) is 2.48. The van der Waals surface area contributed by atoms with Crippen molar-refractivity contribution in [2.75, 3.05) is 13.2 Å². The number of hydrogen-bond donors (Lipinski definition) is 1. The lowest BCUT2D eigenvalue weighted by molar-refractivity contribution is 0.300. The van der Waals surface area contributed by atoms with E-state index in [0.717, 1.165) is 25.4 Å². The van der Waals surface area contributed by atoms with Crippen LogP contribution in [-0.4, -0.2) is 13.2 Å². The Kier molecular flexibility index (Phi) is 10.0. The molecule has 2 nitrogen and oxygen atoms in total. The molecule has 1 rings (SSSR count). The molecule has 0 radical (unpaired) electrons. The first-order valence-corrected chi connectivity index (χ1v) is 8.30. The van der Waals surface area contributed by atoms with Gasteiger partial charge >= 0.3 is 0 Å². The highest BCUT2D eigenvalue weighted by atomic mass is 16.5. The molecule has 20 heavy (non-hydrogen) atoms. The van der Waals surface area contributed by atoms with Gasteiger partial charge in [0.15, 0.2) is 0 Å². The summed E-state index contributed by atoms with van der Waals surface area (Å²) in [5, 5.41) is 3.44. The fraction of sp³-hybridized carbons (Fsp3) is 0.667. The zero-order chi connectivity index (χ0) is 14.5. The molecule has 114 valence electrons. The SMILES string of the molecule is CCCCCCCCOc1ccccc1CNCCC. The van der Waals surface area contributed by atoms with Crippen molar-refractivity contribution < 1.29 is 4.74 Å². The lowest BCUT2D eigenvalue weighted by Crippen LogP contribution is -2.14. The van der Waals surface area contributed by atoms with Crippen LogP contribution in [0.2, 0.25) is 0 Å². The van der Waals surface area contributed by atoms with Crippen LogP contribution in [0.1, 0.15) is 64.4 Å². The molecule has 0 saturated heterocycles. The Bertz CT molecular complexity index is 338. The molecule has 1 N–H and O–H groups in total. The molecule has 1 aromatic rings. The second-order valence-electron chi connectivity index (χ2n) is 5.40. The third-order valence-electron chi connectivity index (χ3n) is 3.47. The van der Waals surface area contributed by atoms with Crippen molar-refractivity contribution in [2.24, 2.45) is 0 Å². The summed E-state index contributed by atoms with van der Waals surface area (Å²) in [7, 11) is 0. The minimum absolute atomic E-state index is 0.844. The van der Waals surface area contributed by atoms with Crippen LogP contribution in [0, 0.1) is 0 Å². The first-order valence-electron chi connectivity index (χ1n) is 8.30. The highest BCUT2D eigenvalue weighted by Gasteiger charge is 2.02. The normalized spacial score (nSPS) is 10.7. The van der Waals surface area contributed by atoms with E-state index >= 15 is 0 Å². The van der Waals surface area contributed by atoms with E-state index in [4.69, 9.17) is 4.74 Å². The van der Waals surface area contributed by atoms with Gasteiger partial charge in [-0.15, -0.1) is 0 Å². The zero-order valence-electron chi connectivity index (χ0n) is 13.3. The molecule has 0 heterocycles. The summed E-state index contributed by atoms with van der Waals surface area (Å²) in [6.45, 7) is 7.25. The van der Waals surface area contributed by atoms with E-state index in [1.165, 1.54) is 50.5 Å². The fourth-order valence-corrected chi connectivity index (χ4v) is 2.26. The van der Waals surface area contributed by atoms with E-state index in [1.54, 1.807) is 0 Å². The smallest absolute Gasteiger partial charge is 0.123 e. The monoisotopic (exact) mass is 277 g/mol. The Labute approximate surface area is 124 Å². The van der Waals surface area contributed by atoms with Crippen molar-refractivity contribution in [3.63, 3.8) is 0 Å². The predicted molar refractivity (Wildman–Crippen MR) is 87.3 cm³/mol. The van der Waals surface area contributed by atoms with Crippen LogP contribution in [0.15, 0.2) is 24.3 Å². The van der Waals surface area contributed by atoms with Crippen molar-refractivity contribution in [1.82, 2.24) is 5.32 Å². The topological polar surface area (TPSA) is 21.3 Å². The molecular formula is C18H31NO. The maximum Gasteiger partial charge on any atom is 0.123 e. The Morgan fingerprint density at radius 1 is 0.900 bits per heavy atom. The first kappa shape index (κ1) is 17.0.